The number of hydrogen-bond donors (Lipinski definition) is 6. The summed E-state index contributed by atoms with van der Waals surface area (Å²) in [6, 6.07) is 9.16. The monoisotopic (exact) mass is 785 g/mol. The van der Waals surface area contributed by atoms with E-state index in [0.717, 1.165) is 16.9 Å². The summed E-state index contributed by atoms with van der Waals surface area (Å²) in [7, 11) is 0. The maximum absolute atomic E-state index is 12.3. The summed E-state index contributed by atoms with van der Waals surface area (Å²) in [6.45, 7) is 7.28. The van der Waals surface area contributed by atoms with Crippen molar-refractivity contribution >= 4 is 35.5 Å². The van der Waals surface area contributed by atoms with Crippen molar-refractivity contribution in [1.29, 1.82) is 0 Å². The van der Waals surface area contributed by atoms with Gasteiger partial charge in [-0.3, -0.25) is 9.59 Å². The number of nitrogens with zero attached hydrogens (tertiary/aromatic N) is 1. The molecule has 3 fully saturated rings. The van der Waals surface area contributed by atoms with E-state index in [1.165, 1.54) is 40.9 Å². The number of nitrogens with one attached hydrogen (secondary N) is 1. The maximum Gasteiger partial charge on any atom is 1.00 e. The molecule has 10 atom stereocenters. The van der Waals surface area contributed by atoms with Crippen molar-refractivity contribution in [2.75, 3.05) is 0 Å². The quantitative estimate of drug-likeness (QED) is 0.0659. The number of carbonyl (C=O) groups excluding carboxylic acids is 3. The number of aromatic hydroxyl groups is 1. The number of aliphatic hydroxyl groups is 2. The van der Waals surface area contributed by atoms with E-state index < -0.39 is 64.2 Å². The SMILES string of the molecule is CC#CC[C@H](C)[C@H](O)/C=C/[C@@H]1[C@H]2c3cccc(CCCC(=O)[O-])c3O[C@H]2C[C@H]1O.CC1(C)S[C@@H]2[C@H](NC(=O)[C@H](N)c3ccc(O)cc3)C(=O)N2[C@H]1C(=O)O.[Na+]. The van der Waals surface area contributed by atoms with Crippen molar-refractivity contribution in [2.24, 2.45) is 17.6 Å². The number of hydrogen-bond acceptors (Lipinski definition) is 11. The number of amides is 2. The number of nitrogens with two attached hydrogens (primary N) is 1. The normalized spacial score (nSPS) is 26.9. The first-order valence-electron chi connectivity index (χ1n) is 18.1. The number of para-hydroxylation sites is 1. The molecule has 290 valence electrons. The van der Waals surface area contributed by atoms with E-state index in [2.05, 4.69) is 17.2 Å². The molecule has 55 heavy (non-hydrogen) atoms. The summed E-state index contributed by atoms with van der Waals surface area (Å²) < 4.78 is 5.54. The molecule has 2 amide bonds. The Hall–Kier alpha value is -3.55. The van der Waals surface area contributed by atoms with Crippen molar-refractivity contribution in [3.63, 3.8) is 0 Å². The minimum Gasteiger partial charge on any atom is -0.550 e. The zero-order valence-electron chi connectivity index (χ0n) is 31.7. The molecular formula is C40H48N3NaO10S. The molecule has 7 N–H and O–H groups in total. The van der Waals surface area contributed by atoms with Crippen LogP contribution in [-0.4, -0.2) is 89.6 Å². The van der Waals surface area contributed by atoms with E-state index in [1.807, 2.05) is 31.2 Å². The van der Waals surface area contributed by atoms with Crippen LogP contribution in [0.5, 0.6) is 11.5 Å². The number of carboxylic acids is 2. The first kappa shape index (κ1) is 44.2. The zero-order chi connectivity index (χ0) is 39.5. The van der Waals surface area contributed by atoms with Crippen molar-refractivity contribution in [3.8, 4) is 23.3 Å². The number of ether oxygens (including phenoxy) is 1. The molecule has 15 heteroatoms. The van der Waals surface area contributed by atoms with E-state index in [-0.39, 0.29) is 65.6 Å². The van der Waals surface area contributed by atoms with E-state index in [1.54, 1.807) is 26.8 Å². The van der Waals surface area contributed by atoms with Crippen molar-refractivity contribution in [3.05, 3.63) is 71.3 Å². The second-order valence-electron chi connectivity index (χ2n) is 14.8. The zero-order valence-corrected chi connectivity index (χ0v) is 34.5. The minimum atomic E-state index is -1.06. The smallest absolute Gasteiger partial charge is 0.550 e. The molecule has 1 saturated carbocycles. The van der Waals surface area contributed by atoms with Gasteiger partial charge in [0.1, 0.15) is 41.1 Å². The van der Waals surface area contributed by atoms with E-state index >= 15 is 0 Å². The number of phenols is 1. The van der Waals surface area contributed by atoms with Crippen LogP contribution in [-0.2, 0) is 25.6 Å². The molecule has 0 bridgehead atoms. The predicted octanol–water partition coefficient (Wildman–Crippen LogP) is -1.02. The van der Waals surface area contributed by atoms with Crippen LogP contribution in [0.2, 0.25) is 0 Å². The van der Waals surface area contributed by atoms with Gasteiger partial charge in [-0.15, -0.1) is 23.6 Å². The fourth-order valence-electron chi connectivity index (χ4n) is 7.63. The van der Waals surface area contributed by atoms with Gasteiger partial charge in [0.25, 0.3) is 0 Å². The number of phenolic OH excluding ortho intramolecular Hbond substituents is 1. The number of aliphatic hydroxyl groups excluding tert-OH is 2. The summed E-state index contributed by atoms with van der Waals surface area (Å²) in [5.41, 5.74) is 8.47. The van der Waals surface area contributed by atoms with Crippen LogP contribution in [0.1, 0.15) is 82.0 Å². The molecule has 2 aromatic rings. The molecule has 2 saturated heterocycles. The van der Waals surface area contributed by atoms with Gasteiger partial charge in [-0.2, -0.15) is 0 Å². The molecular weight excluding hydrogens is 738 g/mol. The Kier molecular flexibility index (Phi) is 14.9. The molecule has 3 aliphatic heterocycles. The average Bonchev–Trinajstić information content (AvgIpc) is 3.73. The van der Waals surface area contributed by atoms with Crippen LogP contribution in [0.4, 0.5) is 0 Å². The van der Waals surface area contributed by atoms with E-state index in [4.69, 9.17) is 10.5 Å². The topological polar surface area (TPSA) is 223 Å². The summed E-state index contributed by atoms with van der Waals surface area (Å²) in [4.78, 5) is 48.2. The molecule has 3 heterocycles. The number of benzene rings is 2. The van der Waals surface area contributed by atoms with Gasteiger partial charge in [-0.1, -0.05) is 49.4 Å². The van der Waals surface area contributed by atoms with Crippen LogP contribution >= 0.6 is 11.8 Å². The molecule has 1 aliphatic carbocycles. The third-order valence-electron chi connectivity index (χ3n) is 10.5. The van der Waals surface area contributed by atoms with Crippen molar-refractivity contribution in [1.82, 2.24) is 10.2 Å². The Morgan fingerprint density at radius 2 is 1.89 bits per heavy atom. The number of aryl methyl sites for hydroxylation is 1. The number of carboxylic acid groups (broad SMARTS) is 2. The molecule has 4 aliphatic rings. The Bertz CT molecular complexity index is 1830. The van der Waals surface area contributed by atoms with Gasteiger partial charge in [0.05, 0.1) is 12.2 Å². The largest absolute Gasteiger partial charge is 1.00 e. The predicted molar refractivity (Wildman–Crippen MR) is 199 cm³/mol. The van der Waals surface area contributed by atoms with Gasteiger partial charge >= 0.3 is 35.5 Å². The number of rotatable bonds is 12. The fraction of sp³-hybridized carbons (Fsp3) is 0.500. The molecule has 0 aromatic heterocycles. The Morgan fingerprint density at radius 3 is 2.53 bits per heavy atom. The average molecular weight is 786 g/mol. The number of fused-ring (bicyclic) bond motifs is 4. The Balaban J connectivity index is 0.000000243. The summed E-state index contributed by atoms with van der Waals surface area (Å²) in [5, 5.41) is 52.5. The molecule has 6 rings (SSSR count). The first-order valence-corrected chi connectivity index (χ1v) is 18.9. The summed E-state index contributed by atoms with van der Waals surface area (Å²) in [6.07, 6.45) is 4.80. The molecule has 0 unspecified atom stereocenters. The number of thioether (sulfide) groups is 1. The van der Waals surface area contributed by atoms with Crippen molar-refractivity contribution < 1.29 is 79.0 Å². The minimum absolute atomic E-state index is 0. The Labute approximate surface area is 347 Å². The molecule has 0 spiro atoms. The van der Waals surface area contributed by atoms with Crippen molar-refractivity contribution in [2.45, 2.75) is 112 Å². The number of carbonyl (C=O) groups is 4. The second kappa shape index (κ2) is 18.6. The van der Waals surface area contributed by atoms with E-state index in [0.29, 0.717) is 31.2 Å². The van der Waals surface area contributed by atoms with Crippen LogP contribution < -0.4 is 50.5 Å². The van der Waals surface area contributed by atoms with Gasteiger partial charge in [-0.25, -0.2) is 4.79 Å². The fourth-order valence-corrected chi connectivity index (χ4v) is 9.25. The van der Waals surface area contributed by atoms with Gasteiger partial charge in [0.2, 0.25) is 11.8 Å². The third-order valence-corrected chi connectivity index (χ3v) is 12.1. The van der Waals surface area contributed by atoms with Crippen LogP contribution in [0.25, 0.3) is 0 Å². The molecule has 13 nitrogen and oxygen atoms in total. The second-order valence-corrected chi connectivity index (χ2v) is 16.5. The van der Waals surface area contributed by atoms with Gasteiger partial charge in [-0.05, 0) is 69.2 Å². The van der Waals surface area contributed by atoms with Gasteiger partial charge in [0.15, 0.2) is 0 Å². The summed E-state index contributed by atoms with van der Waals surface area (Å²) in [5.74, 6) is 3.63. The first-order chi connectivity index (χ1) is 25.5. The number of aliphatic carboxylic acids is 2. The van der Waals surface area contributed by atoms with Gasteiger partial charge < -0.3 is 51.0 Å². The third kappa shape index (κ3) is 9.71. The number of β-lactam (4-membered cyclic amide) rings is 1. The standard InChI is InChI=1S/C24H30O5.C16H19N3O5S.Na/c1-3-4-7-15(2)19(25)13-12-17-20(26)14-21-23(17)18-10-5-8-16(24(18)29-21)9-6-11-22(27)28;1-16(2)11(15(23)24)19-13(22)10(14(19)25-16)18-12(21)9(17)7-3-5-8(20)6-4-7;/h5,8,10,12-13,15,17,19-21,23,25-26H,6-7,9,11,14H2,1-2H3,(H,27,28);3-6,9-11,14,20H,17H2,1-2H3,(H,18,21)(H,23,24);/q;;+1/p-1/b13-12+;;/t15-,17-,19+,20+,21-,23-;9-,10-,11+,14-;/m01./s1. The van der Waals surface area contributed by atoms with Crippen LogP contribution in [0, 0.1) is 23.7 Å². The maximum atomic E-state index is 12.3. The molecule has 2 aromatic carbocycles. The summed E-state index contributed by atoms with van der Waals surface area (Å²) >= 11 is 1.35. The van der Waals surface area contributed by atoms with Crippen LogP contribution in [0.15, 0.2) is 54.6 Å². The Morgan fingerprint density at radius 1 is 1.20 bits per heavy atom. The van der Waals surface area contributed by atoms with E-state index in [9.17, 15) is 44.7 Å². The van der Waals surface area contributed by atoms with Gasteiger partial charge in [0, 0.05) is 41.0 Å². The molecule has 0 radical (unpaired) electrons. The van der Waals surface area contributed by atoms with Crippen LogP contribution in [0.3, 0.4) is 0 Å².